The molecule has 2 N–H and O–H groups in total. The molecule has 332 valence electrons. The Bertz CT molecular complexity index is 2160. The number of methoxy groups -OCH3 is 2. The number of hydrogen-bond acceptors (Lipinski definition) is 9. The molecule has 0 radical (unpaired) electrons. The number of nitrogens with one attached hydrogen (secondary N) is 2. The fourth-order valence-electron chi connectivity index (χ4n) is 8.10. The van der Waals surface area contributed by atoms with Crippen LogP contribution in [0, 0.1) is 5.41 Å². The van der Waals surface area contributed by atoms with Crippen molar-refractivity contribution in [1.29, 1.82) is 0 Å². The second-order valence-corrected chi connectivity index (χ2v) is 18.0. The fraction of sp³-hybridized carbons (Fsp3) is 0.460. The molecule has 0 spiro atoms. The highest BCUT2D eigenvalue weighted by Crippen LogP contribution is 2.39. The van der Waals surface area contributed by atoms with Crippen molar-refractivity contribution in [2.75, 3.05) is 45.0 Å². The van der Waals surface area contributed by atoms with Crippen molar-refractivity contribution < 1.29 is 33.4 Å². The highest BCUT2D eigenvalue weighted by Gasteiger charge is 2.30. The van der Waals surface area contributed by atoms with E-state index in [1.165, 1.54) is 25.6 Å². The maximum absolute atomic E-state index is 14.0. The van der Waals surface area contributed by atoms with E-state index in [9.17, 15) is 24.0 Å². The summed E-state index contributed by atoms with van der Waals surface area (Å²) in [5, 5.41) is 6.81. The molecule has 3 aromatic carbocycles. The van der Waals surface area contributed by atoms with Crippen LogP contribution in [0.1, 0.15) is 131 Å². The van der Waals surface area contributed by atoms with Crippen molar-refractivity contribution in [2.45, 2.75) is 111 Å². The molecule has 1 aliphatic carbocycles. The normalized spacial score (nSPS) is 12.5. The van der Waals surface area contributed by atoms with Gasteiger partial charge in [-0.25, -0.2) is 4.79 Å². The smallest absolute Gasteiger partial charge is 0.337 e. The van der Waals surface area contributed by atoms with Gasteiger partial charge in [0, 0.05) is 55.3 Å². The van der Waals surface area contributed by atoms with Crippen LogP contribution in [0.2, 0.25) is 0 Å². The lowest BCUT2D eigenvalue weighted by molar-refractivity contribution is -0.151. The SMILES string of the molecule is CCC(CC)N(CCCN(C)C(=O)CCC(C)(C)C(=O)OC)Cc1cccc(C(=O)Nc2sc3c(c2C(=O)Nc2ccc(CCc4ccc(C(=O)OC)cc4)cc2)CCCC3)c1. The number of hydrogen-bond donors (Lipinski definition) is 2. The van der Waals surface area contributed by atoms with Crippen LogP contribution >= 0.6 is 11.3 Å². The molecular formula is C50H64N4O7S. The molecule has 5 rings (SSSR count). The number of fused-ring (bicyclic) bond motifs is 1. The average Bonchev–Trinajstić information content (AvgIpc) is 3.65. The first-order valence-electron chi connectivity index (χ1n) is 22.0. The van der Waals surface area contributed by atoms with Crippen LogP contribution in [-0.4, -0.2) is 79.9 Å². The van der Waals surface area contributed by atoms with Crippen LogP contribution in [0.3, 0.4) is 0 Å². The molecular weight excluding hydrogens is 801 g/mol. The average molecular weight is 865 g/mol. The topological polar surface area (TPSA) is 134 Å². The number of anilines is 2. The third-order valence-corrected chi connectivity index (χ3v) is 13.2. The predicted octanol–water partition coefficient (Wildman–Crippen LogP) is 9.52. The lowest BCUT2D eigenvalue weighted by Crippen LogP contribution is -2.37. The highest BCUT2D eigenvalue weighted by molar-refractivity contribution is 7.17. The van der Waals surface area contributed by atoms with Crippen molar-refractivity contribution in [3.05, 3.63) is 117 Å². The molecule has 0 atom stereocenters. The van der Waals surface area contributed by atoms with E-state index in [0.29, 0.717) is 52.9 Å². The van der Waals surface area contributed by atoms with Crippen LogP contribution in [-0.2, 0) is 51.3 Å². The van der Waals surface area contributed by atoms with Gasteiger partial charge in [-0.05, 0) is 137 Å². The van der Waals surface area contributed by atoms with Gasteiger partial charge in [0.1, 0.15) is 5.00 Å². The largest absolute Gasteiger partial charge is 0.469 e. The lowest BCUT2D eigenvalue weighted by Gasteiger charge is -2.31. The van der Waals surface area contributed by atoms with E-state index in [1.807, 2.05) is 67.7 Å². The number of esters is 2. The molecule has 1 heterocycles. The molecule has 0 saturated carbocycles. The van der Waals surface area contributed by atoms with E-state index in [0.717, 1.165) is 91.5 Å². The molecule has 3 amide bonds. The summed E-state index contributed by atoms with van der Waals surface area (Å²) in [6, 6.07) is 23.3. The van der Waals surface area contributed by atoms with Gasteiger partial charge >= 0.3 is 11.9 Å². The van der Waals surface area contributed by atoms with Gasteiger partial charge in [-0.2, -0.15) is 0 Å². The summed E-state index contributed by atoms with van der Waals surface area (Å²) in [6.07, 6.45) is 8.76. The Labute approximate surface area is 371 Å². The Morgan fingerprint density at radius 2 is 1.44 bits per heavy atom. The number of nitrogens with zero attached hydrogens (tertiary/aromatic N) is 2. The first kappa shape index (κ1) is 47.7. The standard InChI is InChI=1S/C50H64N4O7S/c1-8-40(9-2)54(31-13-30-53(5)43(55)28-29-50(3,4)49(59)61-7)33-36-14-12-15-38(32-36)45(56)52-47-44(41-16-10-11-17-42(41)62-47)46(57)51-39-26-22-35(23-27-39)19-18-34-20-24-37(25-21-34)48(58)60-6/h12,14-15,20-27,32,40H,8-11,13,16-19,28-31,33H2,1-7H3,(H,51,57)(H,52,56). The first-order chi connectivity index (χ1) is 29.8. The summed E-state index contributed by atoms with van der Waals surface area (Å²) in [6.45, 7) is 10.0. The van der Waals surface area contributed by atoms with Gasteiger partial charge in [-0.3, -0.25) is 24.1 Å². The summed E-state index contributed by atoms with van der Waals surface area (Å²) in [5.41, 5.74) is 5.84. The van der Waals surface area contributed by atoms with Gasteiger partial charge in [-0.15, -0.1) is 11.3 Å². The number of benzene rings is 3. The van der Waals surface area contributed by atoms with Gasteiger partial charge < -0.3 is 25.0 Å². The van der Waals surface area contributed by atoms with Crippen molar-refractivity contribution in [2.24, 2.45) is 5.41 Å². The lowest BCUT2D eigenvalue weighted by atomic mass is 9.88. The summed E-state index contributed by atoms with van der Waals surface area (Å²) in [7, 11) is 4.55. The van der Waals surface area contributed by atoms with Crippen LogP contribution in [0.4, 0.5) is 10.7 Å². The van der Waals surface area contributed by atoms with Crippen LogP contribution in [0.25, 0.3) is 0 Å². The number of carbonyl (C=O) groups is 5. The van der Waals surface area contributed by atoms with Gasteiger partial charge in [0.2, 0.25) is 5.91 Å². The molecule has 1 aliphatic rings. The molecule has 0 fully saturated rings. The Hall–Kier alpha value is -5.33. The van der Waals surface area contributed by atoms with Gasteiger partial charge in [0.05, 0.1) is 30.8 Å². The number of carbonyl (C=O) groups excluding carboxylic acids is 5. The summed E-state index contributed by atoms with van der Waals surface area (Å²) in [5.74, 6) is -1.15. The monoisotopic (exact) mass is 864 g/mol. The van der Waals surface area contributed by atoms with Crippen molar-refractivity contribution >= 4 is 51.7 Å². The molecule has 0 bridgehead atoms. The third-order valence-electron chi connectivity index (χ3n) is 12.0. The third kappa shape index (κ3) is 12.9. The molecule has 0 saturated heterocycles. The second-order valence-electron chi connectivity index (χ2n) is 16.9. The molecule has 11 nitrogen and oxygen atoms in total. The number of thiophene rings is 1. The van der Waals surface area contributed by atoms with Gasteiger partial charge in [0.25, 0.3) is 11.8 Å². The van der Waals surface area contributed by atoms with E-state index in [4.69, 9.17) is 9.47 Å². The molecule has 0 aliphatic heterocycles. The van der Waals surface area contributed by atoms with E-state index in [1.54, 1.807) is 30.9 Å². The first-order valence-corrected chi connectivity index (χ1v) is 22.8. The molecule has 62 heavy (non-hydrogen) atoms. The number of aryl methyl sites for hydroxylation is 3. The Morgan fingerprint density at radius 1 is 0.774 bits per heavy atom. The van der Waals surface area contributed by atoms with Crippen LogP contribution < -0.4 is 10.6 Å². The number of ether oxygens (including phenoxy) is 2. The zero-order valence-electron chi connectivity index (χ0n) is 37.6. The van der Waals surface area contributed by atoms with Crippen molar-refractivity contribution in [3.63, 3.8) is 0 Å². The number of amides is 3. The van der Waals surface area contributed by atoms with E-state index in [-0.39, 0.29) is 36.1 Å². The van der Waals surface area contributed by atoms with Crippen molar-refractivity contribution in [3.8, 4) is 0 Å². The van der Waals surface area contributed by atoms with Crippen LogP contribution in [0.15, 0.2) is 72.8 Å². The van der Waals surface area contributed by atoms with E-state index in [2.05, 4.69) is 29.4 Å². The number of rotatable bonds is 21. The molecule has 12 heteroatoms. The second kappa shape index (κ2) is 22.7. The minimum atomic E-state index is -0.718. The zero-order valence-corrected chi connectivity index (χ0v) is 38.4. The van der Waals surface area contributed by atoms with Crippen molar-refractivity contribution in [1.82, 2.24) is 9.80 Å². The molecule has 0 unspecified atom stereocenters. The van der Waals surface area contributed by atoms with Crippen LogP contribution in [0.5, 0.6) is 0 Å². The quantitative estimate of drug-likeness (QED) is 0.0792. The van der Waals surface area contributed by atoms with E-state index < -0.39 is 5.41 Å². The Kier molecular flexibility index (Phi) is 17.4. The fourth-order valence-corrected chi connectivity index (χ4v) is 9.38. The van der Waals surface area contributed by atoms with Gasteiger partial charge in [0.15, 0.2) is 0 Å². The minimum absolute atomic E-state index is 0.00560. The zero-order chi connectivity index (χ0) is 44.8. The maximum atomic E-state index is 14.0. The Balaban J connectivity index is 1.21. The summed E-state index contributed by atoms with van der Waals surface area (Å²) >= 11 is 1.50. The van der Waals surface area contributed by atoms with Gasteiger partial charge in [-0.1, -0.05) is 50.2 Å². The highest BCUT2D eigenvalue weighted by atomic mass is 32.1. The molecule has 1 aromatic heterocycles. The predicted molar refractivity (Wildman–Crippen MR) is 247 cm³/mol. The summed E-state index contributed by atoms with van der Waals surface area (Å²) < 4.78 is 9.69. The Morgan fingerprint density at radius 3 is 2.08 bits per heavy atom. The summed E-state index contributed by atoms with van der Waals surface area (Å²) in [4.78, 5) is 70.1. The maximum Gasteiger partial charge on any atom is 0.337 e. The minimum Gasteiger partial charge on any atom is -0.469 e. The van der Waals surface area contributed by atoms with E-state index >= 15 is 0 Å². The molecule has 4 aromatic rings.